The molecule has 0 bridgehead atoms. The molecule has 1 atom stereocenters. The lowest BCUT2D eigenvalue weighted by molar-refractivity contribution is 0.382. The molecular weight excluding hydrogens is 139 g/mol. The molecule has 1 aliphatic carbocycles. The molecule has 0 saturated heterocycles. The molecule has 0 aromatic heterocycles. The van der Waals surface area contributed by atoms with Crippen LogP contribution in [0.2, 0.25) is 0 Å². The molecule has 0 fully saturated rings. The Bertz CT molecular complexity index is 145. The molecule has 0 saturated carbocycles. The Kier molecular flexibility index (Phi) is 5.81. The van der Waals surface area contributed by atoms with E-state index in [1.807, 2.05) is 26.8 Å². The third-order valence-corrected chi connectivity index (χ3v) is 1.48. The van der Waals surface area contributed by atoms with E-state index in [9.17, 15) is 4.39 Å². The highest BCUT2D eigenvalue weighted by Crippen LogP contribution is 2.12. The van der Waals surface area contributed by atoms with Gasteiger partial charge in [0.05, 0.1) is 0 Å². The summed E-state index contributed by atoms with van der Waals surface area (Å²) >= 11 is 0. The second kappa shape index (κ2) is 6.14. The monoisotopic (exact) mass is 156 g/mol. The van der Waals surface area contributed by atoms with Crippen molar-refractivity contribution >= 4 is 0 Å². The van der Waals surface area contributed by atoms with Crippen molar-refractivity contribution < 1.29 is 4.39 Å². The van der Waals surface area contributed by atoms with Crippen molar-refractivity contribution in [3.8, 4) is 0 Å². The number of alkyl halides is 1. The van der Waals surface area contributed by atoms with Crippen LogP contribution in [-0.4, -0.2) is 6.17 Å². The van der Waals surface area contributed by atoms with E-state index in [0.717, 1.165) is 6.42 Å². The topological polar surface area (TPSA) is 0 Å². The van der Waals surface area contributed by atoms with Gasteiger partial charge < -0.3 is 0 Å². The molecule has 0 radical (unpaired) electrons. The second-order valence-corrected chi connectivity index (χ2v) is 2.40. The smallest absolute Gasteiger partial charge is 0.119 e. The molecule has 1 aliphatic rings. The second-order valence-electron chi connectivity index (χ2n) is 2.40. The highest BCUT2D eigenvalue weighted by molar-refractivity contribution is 5.19. The van der Waals surface area contributed by atoms with Gasteiger partial charge in [-0.05, 0) is 19.8 Å². The van der Waals surface area contributed by atoms with E-state index in [1.165, 1.54) is 5.57 Å². The summed E-state index contributed by atoms with van der Waals surface area (Å²) < 4.78 is 12.5. The Hall–Kier alpha value is -0.590. The normalized spacial score (nSPS) is 22.9. The zero-order valence-electron chi connectivity index (χ0n) is 7.60. The first-order valence-corrected chi connectivity index (χ1v) is 4.28. The summed E-state index contributed by atoms with van der Waals surface area (Å²) in [6.07, 6.45) is 6.33. The number of hydrogen-bond donors (Lipinski definition) is 0. The van der Waals surface area contributed by atoms with Gasteiger partial charge in [-0.15, -0.1) is 0 Å². The zero-order chi connectivity index (χ0) is 8.69. The maximum absolute atomic E-state index is 12.5. The van der Waals surface area contributed by atoms with Crippen LogP contribution in [0.5, 0.6) is 0 Å². The Morgan fingerprint density at radius 2 is 2.09 bits per heavy atom. The maximum atomic E-state index is 12.5. The van der Waals surface area contributed by atoms with Crippen molar-refractivity contribution in [2.75, 3.05) is 0 Å². The molecule has 0 aromatic carbocycles. The van der Waals surface area contributed by atoms with Crippen molar-refractivity contribution in [2.24, 2.45) is 0 Å². The average Bonchev–Trinajstić information content (AvgIpc) is 2.20. The zero-order valence-corrected chi connectivity index (χ0v) is 7.60. The summed E-state index contributed by atoms with van der Waals surface area (Å²) in [5.74, 6) is 0. The van der Waals surface area contributed by atoms with Gasteiger partial charge in [0.2, 0.25) is 0 Å². The van der Waals surface area contributed by atoms with Crippen LogP contribution in [0.15, 0.2) is 23.8 Å². The van der Waals surface area contributed by atoms with Crippen LogP contribution >= 0.6 is 0 Å². The van der Waals surface area contributed by atoms with Gasteiger partial charge in [0.1, 0.15) is 6.17 Å². The largest absolute Gasteiger partial charge is 0.243 e. The lowest BCUT2D eigenvalue weighted by atomic mass is 10.2. The van der Waals surface area contributed by atoms with E-state index in [0.29, 0.717) is 6.42 Å². The van der Waals surface area contributed by atoms with Crippen molar-refractivity contribution in [3.63, 3.8) is 0 Å². The first-order valence-electron chi connectivity index (χ1n) is 4.28. The van der Waals surface area contributed by atoms with Crippen molar-refractivity contribution in [1.29, 1.82) is 0 Å². The number of halogens is 1. The predicted octanol–water partition coefficient (Wildman–Crippen LogP) is 3.65. The van der Waals surface area contributed by atoms with Crippen LogP contribution in [0.25, 0.3) is 0 Å². The molecule has 11 heavy (non-hydrogen) atoms. The molecule has 0 heterocycles. The van der Waals surface area contributed by atoms with Crippen molar-refractivity contribution in [1.82, 2.24) is 0 Å². The molecule has 0 amide bonds. The minimum absolute atomic E-state index is 0.647. The maximum Gasteiger partial charge on any atom is 0.119 e. The average molecular weight is 156 g/mol. The van der Waals surface area contributed by atoms with E-state index in [4.69, 9.17) is 0 Å². The van der Waals surface area contributed by atoms with Gasteiger partial charge in [0, 0.05) is 0 Å². The van der Waals surface area contributed by atoms with E-state index < -0.39 is 6.17 Å². The molecule has 1 unspecified atom stereocenters. The molecule has 0 aromatic rings. The van der Waals surface area contributed by atoms with E-state index in [1.54, 1.807) is 6.08 Å². The molecule has 1 rings (SSSR count). The van der Waals surface area contributed by atoms with Gasteiger partial charge in [-0.25, -0.2) is 4.39 Å². The minimum atomic E-state index is -0.723. The van der Waals surface area contributed by atoms with Crippen LogP contribution in [0.1, 0.15) is 33.6 Å². The van der Waals surface area contributed by atoms with Crippen LogP contribution in [0.3, 0.4) is 0 Å². The highest BCUT2D eigenvalue weighted by atomic mass is 19.1. The van der Waals surface area contributed by atoms with Gasteiger partial charge in [-0.1, -0.05) is 37.6 Å². The fourth-order valence-electron chi connectivity index (χ4n) is 0.891. The summed E-state index contributed by atoms with van der Waals surface area (Å²) in [5, 5.41) is 0. The summed E-state index contributed by atoms with van der Waals surface area (Å²) in [6.45, 7) is 5.99. The fraction of sp³-hybridized carbons (Fsp3) is 0.600. The summed E-state index contributed by atoms with van der Waals surface area (Å²) in [7, 11) is 0. The standard InChI is InChI=1S/C8H11F.C2H6/c1-7-3-2-4-8(9)6-5-7;1-2/h3,5-6,8H,2,4H2,1H3;1-2H3. The third kappa shape index (κ3) is 4.77. The fourth-order valence-corrected chi connectivity index (χ4v) is 0.891. The first-order chi connectivity index (χ1) is 5.29. The molecule has 64 valence electrons. The van der Waals surface area contributed by atoms with Crippen LogP contribution in [0.4, 0.5) is 4.39 Å². The molecule has 0 spiro atoms. The number of rotatable bonds is 0. The molecule has 1 heteroatoms. The van der Waals surface area contributed by atoms with Gasteiger partial charge >= 0.3 is 0 Å². The van der Waals surface area contributed by atoms with Crippen molar-refractivity contribution in [3.05, 3.63) is 23.8 Å². The summed E-state index contributed by atoms with van der Waals surface area (Å²) in [5.41, 5.74) is 1.18. The highest BCUT2D eigenvalue weighted by Gasteiger charge is 2.01. The SMILES string of the molecule is CC.CC1=CCCC(F)C=C1. The van der Waals surface area contributed by atoms with E-state index in [-0.39, 0.29) is 0 Å². The molecular formula is C10H17F. The van der Waals surface area contributed by atoms with Crippen LogP contribution in [-0.2, 0) is 0 Å². The molecule has 0 nitrogen and oxygen atoms in total. The van der Waals surface area contributed by atoms with Gasteiger partial charge in [-0.3, -0.25) is 0 Å². The summed E-state index contributed by atoms with van der Waals surface area (Å²) in [4.78, 5) is 0. The van der Waals surface area contributed by atoms with Gasteiger partial charge in [0.15, 0.2) is 0 Å². The molecule has 0 N–H and O–H groups in total. The Labute approximate surface area is 68.8 Å². The molecule has 0 aliphatic heterocycles. The Morgan fingerprint density at radius 1 is 1.45 bits per heavy atom. The number of allylic oxidation sites excluding steroid dienone is 4. The van der Waals surface area contributed by atoms with E-state index >= 15 is 0 Å². The van der Waals surface area contributed by atoms with E-state index in [2.05, 4.69) is 6.08 Å². The lowest BCUT2D eigenvalue weighted by Gasteiger charge is -1.93. The minimum Gasteiger partial charge on any atom is -0.243 e. The number of hydrogen-bond acceptors (Lipinski definition) is 0. The Balaban J connectivity index is 0.000000461. The Morgan fingerprint density at radius 3 is 2.73 bits per heavy atom. The summed E-state index contributed by atoms with van der Waals surface area (Å²) in [6, 6.07) is 0. The van der Waals surface area contributed by atoms with Gasteiger partial charge in [0.25, 0.3) is 0 Å². The quantitative estimate of drug-likeness (QED) is 0.502. The predicted molar refractivity (Wildman–Crippen MR) is 48.4 cm³/mol. The first kappa shape index (κ1) is 10.4. The van der Waals surface area contributed by atoms with Gasteiger partial charge in [-0.2, -0.15) is 0 Å². The lowest BCUT2D eigenvalue weighted by Crippen LogP contribution is -1.90. The van der Waals surface area contributed by atoms with Crippen LogP contribution in [0, 0.1) is 0 Å². The van der Waals surface area contributed by atoms with Crippen LogP contribution < -0.4 is 0 Å². The van der Waals surface area contributed by atoms with Crippen molar-refractivity contribution in [2.45, 2.75) is 39.8 Å². The third-order valence-electron chi connectivity index (χ3n) is 1.48.